The maximum atomic E-state index is 16.2. The Bertz CT molecular complexity index is 2200. The van der Waals surface area contributed by atoms with E-state index in [9.17, 15) is 24.3 Å². The molecule has 5 N–H and O–H groups in total. The highest BCUT2D eigenvalue weighted by Gasteiger charge is 2.60. The fourth-order valence-corrected chi connectivity index (χ4v) is 8.52. The number of halogens is 1. The van der Waals surface area contributed by atoms with E-state index in [0.29, 0.717) is 45.4 Å². The number of imide groups is 2. The second-order valence-corrected chi connectivity index (χ2v) is 13.3. The lowest BCUT2D eigenvalue weighted by atomic mass is 9.84. The summed E-state index contributed by atoms with van der Waals surface area (Å²) in [6.07, 6.45) is 2.12. The minimum atomic E-state index is -1.71. The van der Waals surface area contributed by atoms with Gasteiger partial charge in [0.2, 0.25) is 0 Å². The molecule has 4 fully saturated rings. The number of urea groups is 2. The SMILES string of the molecule is O=C1NC(=O)C2(N1)c1ccccc1-c1ccc(C3(O)CC3c3ccc4c(c3)C3(NC(=O)NC3=O)c3c-4ccc(C4CC4)c3F)cc12. The number of amides is 6. The predicted molar refractivity (Wildman–Crippen MR) is 162 cm³/mol. The van der Waals surface area contributed by atoms with Crippen LogP contribution in [0.3, 0.4) is 0 Å². The highest BCUT2D eigenvalue weighted by Crippen LogP contribution is 2.62. The van der Waals surface area contributed by atoms with Gasteiger partial charge < -0.3 is 15.7 Å². The summed E-state index contributed by atoms with van der Waals surface area (Å²) in [7, 11) is 0. The van der Waals surface area contributed by atoms with E-state index in [2.05, 4.69) is 21.3 Å². The van der Waals surface area contributed by atoms with Crippen LogP contribution in [0.2, 0.25) is 0 Å². The van der Waals surface area contributed by atoms with Gasteiger partial charge in [0.25, 0.3) is 11.8 Å². The average Bonchev–Trinajstić information content (AvgIpc) is 3.90. The van der Waals surface area contributed by atoms with E-state index in [0.717, 1.165) is 29.5 Å². The van der Waals surface area contributed by atoms with Gasteiger partial charge in [-0.05, 0) is 86.9 Å². The third kappa shape index (κ3) is 2.93. The van der Waals surface area contributed by atoms with E-state index in [1.165, 1.54) is 0 Å². The normalized spacial score (nSPS) is 29.2. The summed E-state index contributed by atoms with van der Waals surface area (Å²) in [6, 6.07) is 20.8. The molecule has 4 aliphatic carbocycles. The third-order valence-corrected chi connectivity index (χ3v) is 10.9. The Hall–Kier alpha value is -5.35. The summed E-state index contributed by atoms with van der Waals surface area (Å²) in [6.45, 7) is 0. The maximum Gasteiger partial charge on any atom is 0.322 e. The van der Waals surface area contributed by atoms with E-state index >= 15 is 4.39 Å². The van der Waals surface area contributed by atoms with Crippen molar-refractivity contribution in [2.75, 3.05) is 0 Å². The lowest BCUT2D eigenvalue weighted by Crippen LogP contribution is -2.44. The Balaban J connectivity index is 1.07. The number of nitrogens with one attached hydrogen (secondary N) is 4. The van der Waals surface area contributed by atoms with Crippen LogP contribution in [0.15, 0.2) is 72.8 Å². The first kappa shape index (κ1) is 25.9. The Morgan fingerprint density at radius 3 is 2.04 bits per heavy atom. The molecule has 9 nitrogen and oxygen atoms in total. The molecule has 0 aromatic heterocycles. The van der Waals surface area contributed by atoms with Gasteiger partial charge in [-0.25, -0.2) is 14.0 Å². The molecule has 10 heteroatoms. The number of carbonyl (C=O) groups excluding carboxylic acids is 4. The number of benzene rings is 4. The average molecular weight is 613 g/mol. The Labute approximate surface area is 261 Å². The second kappa shape index (κ2) is 8.07. The zero-order valence-electron chi connectivity index (χ0n) is 24.2. The van der Waals surface area contributed by atoms with Crippen LogP contribution < -0.4 is 21.3 Å². The smallest absolute Gasteiger partial charge is 0.322 e. The molecule has 4 aromatic carbocycles. The molecule has 10 rings (SSSR count). The fraction of sp³-hybridized carbons (Fsp3) is 0.222. The van der Waals surface area contributed by atoms with E-state index in [4.69, 9.17) is 0 Å². The van der Waals surface area contributed by atoms with Crippen LogP contribution in [0.4, 0.5) is 14.0 Å². The molecule has 0 bridgehead atoms. The van der Waals surface area contributed by atoms with Gasteiger partial charge in [0.15, 0.2) is 11.1 Å². The molecule has 4 unspecified atom stereocenters. The van der Waals surface area contributed by atoms with Gasteiger partial charge in [-0.15, -0.1) is 0 Å². The highest BCUT2D eigenvalue weighted by molar-refractivity contribution is 6.14. The van der Waals surface area contributed by atoms with Crippen molar-refractivity contribution in [3.05, 3.63) is 118 Å². The predicted octanol–water partition coefficient (Wildman–Crippen LogP) is 4.21. The van der Waals surface area contributed by atoms with E-state index < -0.39 is 46.4 Å². The molecule has 0 radical (unpaired) electrons. The molecule has 4 atom stereocenters. The Morgan fingerprint density at radius 2 is 1.33 bits per heavy atom. The molecule has 6 amide bonds. The van der Waals surface area contributed by atoms with Crippen molar-refractivity contribution in [1.82, 2.24) is 21.3 Å². The lowest BCUT2D eigenvalue weighted by molar-refractivity contribution is -0.123. The van der Waals surface area contributed by atoms with Crippen molar-refractivity contribution in [1.29, 1.82) is 0 Å². The van der Waals surface area contributed by atoms with Crippen LogP contribution in [0.25, 0.3) is 22.3 Å². The number of fused-ring (bicyclic) bond motifs is 10. The van der Waals surface area contributed by atoms with Crippen LogP contribution in [0, 0.1) is 5.82 Å². The van der Waals surface area contributed by atoms with Gasteiger partial charge in [0.1, 0.15) is 5.82 Å². The van der Waals surface area contributed by atoms with Crippen molar-refractivity contribution >= 4 is 23.9 Å². The summed E-state index contributed by atoms with van der Waals surface area (Å²) >= 11 is 0. The largest absolute Gasteiger partial charge is 0.384 e. The van der Waals surface area contributed by atoms with Crippen LogP contribution in [-0.2, 0) is 26.3 Å². The topological polar surface area (TPSA) is 137 Å². The molecular formula is C36H25FN4O5. The minimum Gasteiger partial charge on any atom is -0.384 e. The molecular weight excluding hydrogens is 587 g/mol. The van der Waals surface area contributed by atoms with Crippen LogP contribution >= 0.6 is 0 Å². The van der Waals surface area contributed by atoms with Gasteiger partial charge in [-0.1, -0.05) is 66.7 Å². The third-order valence-electron chi connectivity index (χ3n) is 10.9. The molecule has 2 saturated carbocycles. The zero-order valence-corrected chi connectivity index (χ0v) is 24.2. The Kier molecular flexibility index (Phi) is 4.55. The molecule has 2 aliphatic heterocycles. The van der Waals surface area contributed by atoms with E-state index in [1.54, 1.807) is 18.2 Å². The van der Waals surface area contributed by atoms with Gasteiger partial charge in [-0.2, -0.15) is 0 Å². The molecule has 6 aliphatic rings. The van der Waals surface area contributed by atoms with E-state index in [-0.39, 0.29) is 17.4 Å². The van der Waals surface area contributed by atoms with Crippen LogP contribution in [0.5, 0.6) is 0 Å². The molecule has 2 saturated heterocycles. The van der Waals surface area contributed by atoms with Gasteiger partial charge >= 0.3 is 12.1 Å². The standard InChI is InChI=1S/C36H25FN4O5/c37-29-19(16-5-6-16)11-12-23-22-9-7-17(13-25(22)36(28(23)29)31(43)39-33(45)41-36)27-15-34(27,46)18-8-10-21-20-3-1-2-4-24(20)35(26(21)14-18)30(42)38-32(44)40-35/h1-4,7-14,16,27,46H,5-6,15H2,(H2,38,40,42,44)(H2,39,41,43,45). The molecule has 226 valence electrons. The van der Waals surface area contributed by atoms with Crippen molar-refractivity contribution in [2.45, 2.75) is 47.8 Å². The molecule has 2 heterocycles. The van der Waals surface area contributed by atoms with Crippen molar-refractivity contribution in [3.8, 4) is 22.3 Å². The van der Waals surface area contributed by atoms with Crippen molar-refractivity contribution in [3.63, 3.8) is 0 Å². The summed E-state index contributed by atoms with van der Waals surface area (Å²) in [5.74, 6) is -1.85. The van der Waals surface area contributed by atoms with Gasteiger partial charge in [0, 0.05) is 11.5 Å². The first-order valence-corrected chi connectivity index (χ1v) is 15.4. The summed E-state index contributed by atoms with van der Waals surface area (Å²) in [5.41, 5.74) is 2.20. The quantitative estimate of drug-likeness (QED) is 0.221. The van der Waals surface area contributed by atoms with Crippen molar-refractivity contribution < 1.29 is 28.7 Å². The number of rotatable bonds is 3. The highest BCUT2D eigenvalue weighted by atomic mass is 19.1. The fourth-order valence-electron chi connectivity index (χ4n) is 8.52. The zero-order chi connectivity index (χ0) is 31.3. The Morgan fingerprint density at radius 1 is 0.696 bits per heavy atom. The molecule has 2 spiro atoms. The van der Waals surface area contributed by atoms with Gasteiger partial charge in [0.05, 0.1) is 5.60 Å². The molecule has 46 heavy (non-hydrogen) atoms. The van der Waals surface area contributed by atoms with Crippen LogP contribution in [0.1, 0.15) is 70.0 Å². The van der Waals surface area contributed by atoms with E-state index in [1.807, 2.05) is 54.6 Å². The number of aliphatic hydroxyl groups is 1. The lowest BCUT2D eigenvalue weighted by Gasteiger charge is -2.25. The van der Waals surface area contributed by atoms with Crippen molar-refractivity contribution in [2.24, 2.45) is 0 Å². The number of hydrogen-bond donors (Lipinski definition) is 5. The first-order valence-electron chi connectivity index (χ1n) is 15.4. The second-order valence-electron chi connectivity index (χ2n) is 13.3. The van der Waals surface area contributed by atoms with Gasteiger partial charge in [-0.3, -0.25) is 20.2 Å². The number of carbonyl (C=O) groups is 4. The first-order chi connectivity index (χ1) is 22.2. The summed E-state index contributed by atoms with van der Waals surface area (Å²) in [5, 5.41) is 22.3. The number of hydrogen-bond acceptors (Lipinski definition) is 5. The molecule has 4 aromatic rings. The van der Waals surface area contributed by atoms with Crippen LogP contribution in [-0.4, -0.2) is 29.0 Å². The monoisotopic (exact) mass is 612 g/mol. The minimum absolute atomic E-state index is 0.103. The maximum absolute atomic E-state index is 16.2. The summed E-state index contributed by atoms with van der Waals surface area (Å²) in [4.78, 5) is 51.8. The summed E-state index contributed by atoms with van der Waals surface area (Å²) < 4.78 is 16.2.